The Labute approximate surface area is 110 Å². The van der Waals surface area contributed by atoms with Crippen LogP contribution in [0.15, 0.2) is 30.3 Å². The van der Waals surface area contributed by atoms with Crippen molar-refractivity contribution in [3.8, 4) is 0 Å². The smallest absolute Gasteiger partial charge is 0.0716 e. The minimum atomic E-state index is 0.622. The highest BCUT2D eigenvalue weighted by Gasteiger charge is 2.11. The molecule has 0 radical (unpaired) electrons. The van der Waals surface area contributed by atoms with Crippen LogP contribution in [0.3, 0.4) is 0 Å². The first kappa shape index (κ1) is 14.5. The van der Waals surface area contributed by atoms with E-state index in [1.165, 1.54) is 5.56 Å². The Kier molecular flexibility index (Phi) is 7.30. The SMILES string of the molecule is CC(C)C(CCl)CCCOCc1ccccc1. The molecule has 0 bridgehead atoms. The second-order valence-corrected chi connectivity index (χ2v) is 5.15. The van der Waals surface area contributed by atoms with Gasteiger partial charge in [-0.25, -0.2) is 0 Å². The molecular weight excluding hydrogens is 232 g/mol. The van der Waals surface area contributed by atoms with Gasteiger partial charge in [0.25, 0.3) is 0 Å². The van der Waals surface area contributed by atoms with Crippen molar-refractivity contribution in [3.05, 3.63) is 35.9 Å². The van der Waals surface area contributed by atoms with Crippen molar-refractivity contribution in [1.82, 2.24) is 0 Å². The van der Waals surface area contributed by atoms with Gasteiger partial charge in [0, 0.05) is 12.5 Å². The molecule has 1 aromatic rings. The van der Waals surface area contributed by atoms with Crippen LogP contribution in [-0.4, -0.2) is 12.5 Å². The highest BCUT2D eigenvalue weighted by Crippen LogP contribution is 2.18. The Morgan fingerprint density at radius 2 is 1.88 bits per heavy atom. The molecule has 2 heteroatoms. The van der Waals surface area contributed by atoms with E-state index in [2.05, 4.69) is 26.0 Å². The first-order valence-electron chi connectivity index (χ1n) is 6.41. The molecule has 0 fully saturated rings. The number of rotatable bonds is 8. The Hall–Kier alpha value is -0.530. The lowest BCUT2D eigenvalue weighted by Gasteiger charge is -2.17. The van der Waals surface area contributed by atoms with Crippen molar-refractivity contribution in [3.63, 3.8) is 0 Å². The zero-order valence-electron chi connectivity index (χ0n) is 10.9. The fraction of sp³-hybridized carbons (Fsp3) is 0.600. The van der Waals surface area contributed by atoms with E-state index in [-0.39, 0.29) is 0 Å². The van der Waals surface area contributed by atoms with Crippen LogP contribution in [0.25, 0.3) is 0 Å². The molecule has 1 aromatic carbocycles. The van der Waals surface area contributed by atoms with Crippen molar-refractivity contribution in [1.29, 1.82) is 0 Å². The predicted octanol–water partition coefficient (Wildman–Crippen LogP) is 4.49. The van der Waals surface area contributed by atoms with Gasteiger partial charge in [0.2, 0.25) is 0 Å². The van der Waals surface area contributed by atoms with E-state index >= 15 is 0 Å². The highest BCUT2D eigenvalue weighted by atomic mass is 35.5. The van der Waals surface area contributed by atoms with Crippen molar-refractivity contribution >= 4 is 11.6 Å². The minimum Gasteiger partial charge on any atom is -0.377 e. The predicted molar refractivity (Wildman–Crippen MR) is 74.4 cm³/mol. The number of hydrogen-bond donors (Lipinski definition) is 0. The van der Waals surface area contributed by atoms with Crippen molar-refractivity contribution < 1.29 is 4.74 Å². The van der Waals surface area contributed by atoms with Gasteiger partial charge in [-0.1, -0.05) is 44.2 Å². The molecule has 0 aliphatic rings. The molecule has 0 heterocycles. The molecule has 0 N–H and O–H groups in total. The average Bonchev–Trinajstić information content (AvgIpc) is 2.34. The molecule has 0 aliphatic heterocycles. The van der Waals surface area contributed by atoms with E-state index in [4.69, 9.17) is 16.3 Å². The minimum absolute atomic E-state index is 0.622. The summed E-state index contributed by atoms with van der Waals surface area (Å²) in [6.07, 6.45) is 2.26. The van der Waals surface area contributed by atoms with Crippen molar-refractivity contribution in [2.24, 2.45) is 11.8 Å². The molecule has 1 nitrogen and oxygen atoms in total. The van der Waals surface area contributed by atoms with E-state index < -0.39 is 0 Å². The fourth-order valence-corrected chi connectivity index (χ4v) is 2.31. The Bertz CT molecular complexity index is 284. The maximum atomic E-state index is 5.93. The van der Waals surface area contributed by atoms with Crippen LogP contribution < -0.4 is 0 Å². The van der Waals surface area contributed by atoms with Crippen molar-refractivity contribution in [2.45, 2.75) is 33.3 Å². The van der Waals surface area contributed by atoms with E-state index in [9.17, 15) is 0 Å². The number of alkyl halides is 1. The Morgan fingerprint density at radius 3 is 2.47 bits per heavy atom. The first-order valence-corrected chi connectivity index (χ1v) is 6.95. The number of hydrogen-bond acceptors (Lipinski definition) is 1. The summed E-state index contributed by atoms with van der Waals surface area (Å²) in [7, 11) is 0. The molecule has 96 valence electrons. The molecule has 0 saturated heterocycles. The van der Waals surface area contributed by atoms with Gasteiger partial charge in [-0.2, -0.15) is 0 Å². The van der Waals surface area contributed by atoms with Gasteiger partial charge in [-0.15, -0.1) is 11.6 Å². The van der Waals surface area contributed by atoms with Gasteiger partial charge in [-0.3, -0.25) is 0 Å². The van der Waals surface area contributed by atoms with Crippen LogP contribution in [0.5, 0.6) is 0 Å². The van der Waals surface area contributed by atoms with Crippen LogP contribution >= 0.6 is 11.6 Å². The highest BCUT2D eigenvalue weighted by molar-refractivity contribution is 6.18. The Balaban J connectivity index is 2.08. The fourth-order valence-electron chi connectivity index (χ4n) is 1.80. The Morgan fingerprint density at radius 1 is 1.18 bits per heavy atom. The second kappa shape index (κ2) is 8.54. The molecule has 0 aromatic heterocycles. The lowest BCUT2D eigenvalue weighted by molar-refractivity contribution is 0.112. The van der Waals surface area contributed by atoms with Crippen molar-refractivity contribution in [2.75, 3.05) is 12.5 Å². The van der Waals surface area contributed by atoms with Gasteiger partial charge in [0.05, 0.1) is 6.61 Å². The van der Waals surface area contributed by atoms with Gasteiger partial charge >= 0.3 is 0 Å². The van der Waals surface area contributed by atoms with Crippen LogP contribution in [0.1, 0.15) is 32.3 Å². The van der Waals surface area contributed by atoms with Crippen LogP contribution in [0.4, 0.5) is 0 Å². The number of benzene rings is 1. The number of ether oxygens (including phenoxy) is 1. The summed E-state index contributed by atoms with van der Waals surface area (Å²) in [6, 6.07) is 10.3. The van der Waals surface area contributed by atoms with E-state index in [1.54, 1.807) is 0 Å². The monoisotopic (exact) mass is 254 g/mol. The molecule has 0 amide bonds. The van der Waals surface area contributed by atoms with Gasteiger partial charge in [0.15, 0.2) is 0 Å². The van der Waals surface area contributed by atoms with E-state index in [0.717, 1.165) is 25.3 Å². The number of halogens is 1. The molecule has 1 rings (SSSR count). The quantitative estimate of drug-likeness (QED) is 0.490. The summed E-state index contributed by atoms with van der Waals surface area (Å²) in [5.74, 6) is 2.05. The zero-order chi connectivity index (χ0) is 12.5. The summed E-state index contributed by atoms with van der Waals surface area (Å²) in [5, 5.41) is 0. The summed E-state index contributed by atoms with van der Waals surface area (Å²) >= 11 is 5.93. The maximum Gasteiger partial charge on any atom is 0.0716 e. The van der Waals surface area contributed by atoms with E-state index in [0.29, 0.717) is 18.4 Å². The second-order valence-electron chi connectivity index (χ2n) is 4.84. The molecular formula is C15H23ClO. The third-order valence-electron chi connectivity index (χ3n) is 3.12. The van der Waals surface area contributed by atoms with Gasteiger partial charge < -0.3 is 4.74 Å². The zero-order valence-corrected chi connectivity index (χ0v) is 11.6. The average molecular weight is 255 g/mol. The van der Waals surface area contributed by atoms with Gasteiger partial charge in [0.1, 0.15) is 0 Å². The molecule has 17 heavy (non-hydrogen) atoms. The van der Waals surface area contributed by atoms with Crippen LogP contribution in [-0.2, 0) is 11.3 Å². The normalized spacial score (nSPS) is 12.9. The summed E-state index contributed by atoms with van der Waals surface area (Å²) in [5.41, 5.74) is 1.24. The molecule has 1 unspecified atom stereocenters. The summed E-state index contributed by atoms with van der Waals surface area (Å²) < 4.78 is 5.65. The third kappa shape index (κ3) is 6.09. The van der Waals surface area contributed by atoms with Crippen LogP contribution in [0.2, 0.25) is 0 Å². The van der Waals surface area contributed by atoms with E-state index in [1.807, 2.05) is 18.2 Å². The third-order valence-corrected chi connectivity index (χ3v) is 3.51. The largest absolute Gasteiger partial charge is 0.377 e. The van der Waals surface area contributed by atoms with Crippen LogP contribution in [0, 0.1) is 11.8 Å². The summed E-state index contributed by atoms with van der Waals surface area (Å²) in [6.45, 7) is 6.01. The maximum absolute atomic E-state index is 5.93. The molecule has 0 saturated carbocycles. The summed E-state index contributed by atoms with van der Waals surface area (Å²) in [4.78, 5) is 0. The molecule has 0 aliphatic carbocycles. The van der Waals surface area contributed by atoms with Gasteiger partial charge in [-0.05, 0) is 30.2 Å². The lowest BCUT2D eigenvalue weighted by atomic mass is 9.93. The molecule has 0 spiro atoms. The first-order chi connectivity index (χ1) is 8.24. The lowest BCUT2D eigenvalue weighted by Crippen LogP contribution is -2.11. The topological polar surface area (TPSA) is 9.23 Å². The molecule has 1 atom stereocenters. The standard InChI is InChI=1S/C15H23ClO/c1-13(2)15(11-16)9-6-10-17-12-14-7-4-3-5-8-14/h3-5,7-8,13,15H,6,9-12H2,1-2H3.